The van der Waals surface area contributed by atoms with Crippen molar-refractivity contribution in [2.75, 3.05) is 13.1 Å². The van der Waals surface area contributed by atoms with E-state index in [2.05, 4.69) is 16.4 Å². The first-order valence-corrected chi connectivity index (χ1v) is 4.58. The Hall–Kier alpha value is -0.890. The summed E-state index contributed by atoms with van der Waals surface area (Å²) in [6.45, 7) is 2.35. The number of hydrogen-bond donors (Lipinski definition) is 1. The first-order chi connectivity index (χ1) is 5.95. The zero-order valence-electron chi connectivity index (χ0n) is 6.96. The van der Waals surface area contributed by atoms with Crippen molar-refractivity contribution < 1.29 is 0 Å². The largest absolute Gasteiger partial charge is 0.316 e. The first-order valence-electron chi connectivity index (χ1n) is 4.58. The third-order valence-corrected chi connectivity index (χ3v) is 3.17. The van der Waals surface area contributed by atoms with Gasteiger partial charge in [-0.1, -0.05) is 0 Å². The van der Waals surface area contributed by atoms with Gasteiger partial charge in [0.2, 0.25) is 0 Å². The molecule has 1 saturated heterocycles. The molecule has 3 rings (SSSR count). The standard InChI is InChI=1S/C10H12N2/c1-2-11-5-9-7(1)3-8-4-12-6-10(8)9/h1-2,5,8,10,12H,3-4,6H2/t8-,10+/m1/s1. The Kier molecular flexibility index (Phi) is 1.27. The molecule has 0 amide bonds. The number of nitrogens with zero attached hydrogens (tertiary/aromatic N) is 1. The first kappa shape index (κ1) is 6.61. The predicted octanol–water partition coefficient (Wildman–Crippen LogP) is 0.941. The van der Waals surface area contributed by atoms with E-state index in [1.807, 2.05) is 12.4 Å². The van der Waals surface area contributed by atoms with Crippen molar-refractivity contribution in [2.24, 2.45) is 5.92 Å². The van der Waals surface area contributed by atoms with Crippen molar-refractivity contribution in [3.63, 3.8) is 0 Å². The maximum Gasteiger partial charge on any atom is 0.0306 e. The number of pyridine rings is 1. The van der Waals surface area contributed by atoms with E-state index < -0.39 is 0 Å². The van der Waals surface area contributed by atoms with Gasteiger partial charge in [0, 0.05) is 24.9 Å². The van der Waals surface area contributed by atoms with E-state index in [0.717, 1.165) is 18.4 Å². The topological polar surface area (TPSA) is 24.9 Å². The van der Waals surface area contributed by atoms with Crippen LogP contribution in [0.2, 0.25) is 0 Å². The van der Waals surface area contributed by atoms with Gasteiger partial charge in [-0.15, -0.1) is 0 Å². The molecule has 1 aliphatic carbocycles. The maximum absolute atomic E-state index is 4.19. The molecule has 1 fully saturated rings. The fraction of sp³-hybridized carbons (Fsp3) is 0.500. The van der Waals surface area contributed by atoms with Gasteiger partial charge >= 0.3 is 0 Å². The summed E-state index contributed by atoms with van der Waals surface area (Å²) in [6.07, 6.45) is 5.22. The van der Waals surface area contributed by atoms with Crippen LogP contribution in [0.1, 0.15) is 17.0 Å². The molecule has 0 spiro atoms. The molecular formula is C10H12N2. The normalized spacial score (nSPS) is 31.7. The highest BCUT2D eigenvalue weighted by atomic mass is 14.9. The minimum Gasteiger partial charge on any atom is -0.316 e. The number of fused-ring (bicyclic) bond motifs is 3. The molecule has 0 bridgehead atoms. The van der Waals surface area contributed by atoms with Crippen LogP contribution >= 0.6 is 0 Å². The van der Waals surface area contributed by atoms with Crippen molar-refractivity contribution in [2.45, 2.75) is 12.3 Å². The smallest absolute Gasteiger partial charge is 0.0306 e. The molecule has 62 valence electrons. The van der Waals surface area contributed by atoms with E-state index in [9.17, 15) is 0 Å². The molecule has 12 heavy (non-hydrogen) atoms. The van der Waals surface area contributed by atoms with Crippen LogP contribution in [0.5, 0.6) is 0 Å². The van der Waals surface area contributed by atoms with Gasteiger partial charge in [-0.2, -0.15) is 0 Å². The van der Waals surface area contributed by atoms with Crippen LogP contribution in [0.3, 0.4) is 0 Å². The molecule has 0 saturated carbocycles. The highest BCUT2D eigenvalue weighted by Crippen LogP contribution is 2.39. The number of hydrogen-bond acceptors (Lipinski definition) is 2. The monoisotopic (exact) mass is 160 g/mol. The van der Waals surface area contributed by atoms with Crippen LogP contribution in [0.15, 0.2) is 18.5 Å². The minimum atomic E-state index is 0.758. The molecule has 1 N–H and O–H groups in total. The Morgan fingerprint density at radius 1 is 1.42 bits per heavy atom. The van der Waals surface area contributed by atoms with Gasteiger partial charge in [0.1, 0.15) is 0 Å². The summed E-state index contributed by atoms with van der Waals surface area (Å²) in [5.41, 5.74) is 3.02. The SMILES string of the molecule is c1cc2c(cn1)[C@H]1CNC[C@H]1C2. The third-order valence-electron chi connectivity index (χ3n) is 3.17. The summed E-state index contributed by atoms with van der Waals surface area (Å²) in [7, 11) is 0. The number of nitrogens with one attached hydrogen (secondary N) is 1. The van der Waals surface area contributed by atoms with Crippen LogP contribution in [0.25, 0.3) is 0 Å². The van der Waals surface area contributed by atoms with Crippen molar-refractivity contribution >= 4 is 0 Å². The van der Waals surface area contributed by atoms with Gasteiger partial charge in [0.25, 0.3) is 0 Å². The second-order valence-corrected chi connectivity index (χ2v) is 3.80. The van der Waals surface area contributed by atoms with E-state index in [4.69, 9.17) is 0 Å². The lowest BCUT2D eigenvalue weighted by molar-refractivity contribution is 0.564. The third kappa shape index (κ3) is 0.758. The van der Waals surface area contributed by atoms with Crippen LogP contribution in [-0.2, 0) is 6.42 Å². The minimum absolute atomic E-state index is 0.758. The van der Waals surface area contributed by atoms with Crippen LogP contribution in [0.4, 0.5) is 0 Å². The summed E-state index contributed by atoms with van der Waals surface area (Å²) in [6, 6.07) is 2.17. The van der Waals surface area contributed by atoms with Gasteiger partial charge in [-0.3, -0.25) is 4.98 Å². The van der Waals surface area contributed by atoms with Crippen molar-refractivity contribution in [1.29, 1.82) is 0 Å². The molecular weight excluding hydrogens is 148 g/mol. The van der Waals surface area contributed by atoms with Gasteiger partial charge in [-0.25, -0.2) is 0 Å². The van der Waals surface area contributed by atoms with Crippen LogP contribution in [-0.4, -0.2) is 18.1 Å². The molecule has 2 heteroatoms. The Labute approximate surface area is 72.0 Å². The van der Waals surface area contributed by atoms with Crippen molar-refractivity contribution in [1.82, 2.24) is 10.3 Å². The summed E-state index contributed by atoms with van der Waals surface area (Å²) >= 11 is 0. The van der Waals surface area contributed by atoms with Gasteiger partial charge in [-0.05, 0) is 36.1 Å². The molecule has 0 aromatic carbocycles. The molecule has 1 aromatic rings. The maximum atomic E-state index is 4.19. The highest BCUT2D eigenvalue weighted by molar-refractivity contribution is 5.35. The summed E-state index contributed by atoms with van der Waals surface area (Å²) in [5.74, 6) is 1.61. The van der Waals surface area contributed by atoms with Crippen LogP contribution in [0, 0.1) is 5.92 Å². The molecule has 2 aliphatic rings. The lowest BCUT2D eigenvalue weighted by Crippen LogP contribution is -2.10. The Morgan fingerprint density at radius 2 is 2.42 bits per heavy atom. The zero-order valence-corrected chi connectivity index (χ0v) is 6.96. The molecule has 1 aliphatic heterocycles. The van der Waals surface area contributed by atoms with Gasteiger partial charge in [0.05, 0.1) is 0 Å². The molecule has 0 unspecified atom stereocenters. The predicted molar refractivity (Wildman–Crippen MR) is 47.0 cm³/mol. The fourth-order valence-corrected chi connectivity index (χ4v) is 2.55. The summed E-state index contributed by atoms with van der Waals surface area (Å²) < 4.78 is 0. The van der Waals surface area contributed by atoms with Crippen LogP contribution < -0.4 is 5.32 Å². The fourth-order valence-electron chi connectivity index (χ4n) is 2.55. The highest BCUT2D eigenvalue weighted by Gasteiger charge is 2.35. The summed E-state index contributed by atoms with van der Waals surface area (Å²) in [4.78, 5) is 4.19. The lowest BCUT2D eigenvalue weighted by atomic mass is 9.97. The second kappa shape index (κ2) is 2.30. The molecule has 2 atom stereocenters. The van der Waals surface area contributed by atoms with E-state index in [-0.39, 0.29) is 0 Å². The van der Waals surface area contributed by atoms with Crippen molar-refractivity contribution in [3.05, 3.63) is 29.6 Å². The molecule has 2 heterocycles. The Morgan fingerprint density at radius 3 is 3.42 bits per heavy atom. The van der Waals surface area contributed by atoms with E-state index in [1.54, 1.807) is 0 Å². The van der Waals surface area contributed by atoms with E-state index >= 15 is 0 Å². The van der Waals surface area contributed by atoms with E-state index in [0.29, 0.717) is 0 Å². The molecule has 2 nitrogen and oxygen atoms in total. The number of rotatable bonds is 0. The van der Waals surface area contributed by atoms with Crippen molar-refractivity contribution in [3.8, 4) is 0 Å². The molecule has 0 radical (unpaired) electrons. The van der Waals surface area contributed by atoms with Gasteiger partial charge < -0.3 is 5.32 Å². The second-order valence-electron chi connectivity index (χ2n) is 3.80. The zero-order chi connectivity index (χ0) is 7.97. The van der Waals surface area contributed by atoms with E-state index in [1.165, 1.54) is 24.1 Å². The summed E-state index contributed by atoms with van der Waals surface area (Å²) in [5, 5.41) is 3.44. The Bertz CT molecular complexity index is 308. The number of aromatic nitrogens is 1. The average Bonchev–Trinajstić information content (AvgIpc) is 2.62. The average molecular weight is 160 g/mol. The quantitative estimate of drug-likeness (QED) is 0.611. The van der Waals surface area contributed by atoms with Gasteiger partial charge in [0.15, 0.2) is 0 Å². The molecule has 1 aromatic heterocycles. The lowest BCUT2D eigenvalue weighted by Gasteiger charge is -2.06. The Balaban J connectivity index is 2.09.